The van der Waals surface area contributed by atoms with Gasteiger partial charge in [-0.15, -0.1) is 0 Å². The van der Waals surface area contributed by atoms with Gasteiger partial charge in [-0.2, -0.15) is 0 Å². The van der Waals surface area contributed by atoms with Crippen LogP contribution in [-0.2, 0) is 16.6 Å². The first-order chi connectivity index (χ1) is 7.42. The van der Waals surface area contributed by atoms with Crippen LogP contribution in [0.25, 0.3) is 0 Å². The maximum atomic E-state index is 10.9. The minimum Gasteiger partial charge on any atom is -0.330 e. The second-order valence-corrected chi connectivity index (χ2v) is 5.81. The highest BCUT2D eigenvalue weighted by Gasteiger charge is 2.05. The minimum atomic E-state index is -3.14. The fourth-order valence-electron chi connectivity index (χ4n) is 1.36. The number of hydrogen-bond donors (Lipinski definition) is 2. The molecule has 4 nitrogen and oxygen atoms in total. The standard InChI is InChI=1S/C11H18N2O2S/c1-9(7-12)11-5-3-4-10(6-11)8-13-16(2,14)15/h3-6,9,13H,7-8,12H2,1-2H3. The highest BCUT2D eigenvalue weighted by Crippen LogP contribution is 2.15. The Labute approximate surface area is 96.9 Å². The molecule has 0 aliphatic heterocycles. The normalized spacial score (nSPS) is 13.7. The lowest BCUT2D eigenvalue weighted by atomic mass is 9.99. The molecule has 0 heterocycles. The van der Waals surface area contributed by atoms with Crippen LogP contribution in [0, 0.1) is 0 Å². The number of benzene rings is 1. The van der Waals surface area contributed by atoms with Crippen molar-refractivity contribution in [3.05, 3.63) is 35.4 Å². The Bertz CT molecular complexity index is 443. The lowest BCUT2D eigenvalue weighted by Crippen LogP contribution is -2.21. The van der Waals surface area contributed by atoms with E-state index in [9.17, 15) is 8.42 Å². The van der Waals surface area contributed by atoms with Gasteiger partial charge in [-0.3, -0.25) is 0 Å². The summed E-state index contributed by atoms with van der Waals surface area (Å²) in [5.74, 6) is 0.290. The minimum absolute atomic E-state index is 0.290. The molecular formula is C11H18N2O2S. The van der Waals surface area contributed by atoms with Crippen LogP contribution in [0.4, 0.5) is 0 Å². The van der Waals surface area contributed by atoms with Crippen LogP contribution in [0.1, 0.15) is 24.0 Å². The molecule has 0 bridgehead atoms. The van der Waals surface area contributed by atoms with E-state index in [2.05, 4.69) is 4.72 Å². The van der Waals surface area contributed by atoms with E-state index in [0.717, 1.165) is 17.4 Å². The zero-order chi connectivity index (χ0) is 12.2. The number of rotatable bonds is 5. The fourth-order valence-corrected chi connectivity index (χ4v) is 1.79. The van der Waals surface area contributed by atoms with E-state index in [4.69, 9.17) is 5.73 Å². The third kappa shape index (κ3) is 4.30. The zero-order valence-electron chi connectivity index (χ0n) is 9.60. The first kappa shape index (κ1) is 13.2. The van der Waals surface area contributed by atoms with Crippen molar-refractivity contribution >= 4 is 10.0 Å². The van der Waals surface area contributed by atoms with E-state index in [0.29, 0.717) is 13.1 Å². The van der Waals surface area contributed by atoms with Gasteiger partial charge < -0.3 is 5.73 Å². The summed E-state index contributed by atoms with van der Waals surface area (Å²) in [4.78, 5) is 0. The average molecular weight is 242 g/mol. The van der Waals surface area contributed by atoms with Crippen molar-refractivity contribution < 1.29 is 8.42 Å². The topological polar surface area (TPSA) is 72.2 Å². The van der Waals surface area contributed by atoms with Crippen molar-refractivity contribution in [1.82, 2.24) is 4.72 Å². The van der Waals surface area contributed by atoms with Crippen molar-refractivity contribution in [3.63, 3.8) is 0 Å². The van der Waals surface area contributed by atoms with Crippen molar-refractivity contribution in [2.45, 2.75) is 19.4 Å². The fraction of sp³-hybridized carbons (Fsp3) is 0.455. The first-order valence-electron chi connectivity index (χ1n) is 5.16. The van der Waals surface area contributed by atoms with E-state index in [-0.39, 0.29) is 5.92 Å². The highest BCUT2D eigenvalue weighted by molar-refractivity contribution is 7.88. The lowest BCUT2D eigenvalue weighted by Gasteiger charge is -2.10. The molecule has 0 saturated heterocycles. The molecule has 1 aromatic carbocycles. The van der Waals surface area contributed by atoms with Crippen LogP contribution in [0.3, 0.4) is 0 Å². The monoisotopic (exact) mass is 242 g/mol. The summed E-state index contributed by atoms with van der Waals surface area (Å²) in [6.07, 6.45) is 1.15. The summed E-state index contributed by atoms with van der Waals surface area (Å²) >= 11 is 0. The summed E-state index contributed by atoms with van der Waals surface area (Å²) in [6, 6.07) is 7.79. The van der Waals surface area contributed by atoms with Gasteiger partial charge in [0.1, 0.15) is 0 Å². The van der Waals surface area contributed by atoms with Gasteiger partial charge >= 0.3 is 0 Å². The Balaban J connectivity index is 2.75. The second-order valence-electron chi connectivity index (χ2n) is 3.98. The first-order valence-corrected chi connectivity index (χ1v) is 7.05. The SMILES string of the molecule is CC(CN)c1cccc(CNS(C)(=O)=O)c1. The molecule has 3 N–H and O–H groups in total. The summed E-state index contributed by atoms with van der Waals surface area (Å²) < 4.78 is 24.4. The van der Waals surface area contributed by atoms with Crippen LogP contribution in [0.2, 0.25) is 0 Å². The Morgan fingerprint density at radius 2 is 2.12 bits per heavy atom. The Morgan fingerprint density at radius 1 is 1.44 bits per heavy atom. The Morgan fingerprint density at radius 3 is 2.69 bits per heavy atom. The third-order valence-corrected chi connectivity index (χ3v) is 3.08. The maximum absolute atomic E-state index is 10.9. The molecule has 5 heteroatoms. The van der Waals surface area contributed by atoms with Gasteiger partial charge in [-0.25, -0.2) is 13.1 Å². The van der Waals surface area contributed by atoms with Crippen LogP contribution in [0.15, 0.2) is 24.3 Å². The van der Waals surface area contributed by atoms with Crippen LogP contribution >= 0.6 is 0 Å². The molecule has 0 radical (unpaired) electrons. The van der Waals surface area contributed by atoms with Crippen molar-refractivity contribution in [1.29, 1.82) is 0 Å². The average Bonchev–Trinajstić information content (AvgIpc) is 2.25. The second kappa shape index (κ2) is 5.43. The summed E-state index contributed by atoms with van der Waals surface area (Å²) in [6.45, 7) is 2.95. The van der Waals surface area contributed by atoms with Gasteiger partial charge in [0, 0.05) is 6.54 Å². The molecule has 1 atom stereocenters. The van der Waals surface area contributed by atoms with Crippen molar-refractivity contribution in [2.24, 2.45) is 5.73 Å². The zero-order valence-corrected chi connectivity index (χ0v) is 10.4. The molecule has 0 spiro atoms. The molecule has 0 aromatic heterocycles. The molecule has 0 fully saturated rings. The molecule has 1 aromatic rings. The van der Waals surface area contributed by atoms with Crippen molar-refractivity contribution in [2.75, 3.05) is 12.8 Å². The Kier molecular flexibility index (Phi) is 4.46. The van der Waals surface area contributed by atoms with Gasteiger partial charge in [0.05, 0.1) is 6.26 Å². The van der Waals surface area contributed by atoms with E-state index >= 15 is 0 Å². The molecule has 0 aliphatic rings. The van der Waals surface area contributed by atoms with E-state index in [1.807, 2.05) is 31.2 Å². The molecule has 0 aliphatic carbocycles. The molecule has 90 valence electrons. The highest BCUT2D eigenvalue weighted by atomic mass is 32.2. The third-order valence-electron chi connectivity index (χ3n) is 2.41. The number of sulfonamides is 1. The summed E-state index contributed by atoms with van der Waals surface area (Å²) in [7, 11) is -3.14. The predicted octanol–water partition coefficient (Wildman–Crippen LogP) is 0.798. The van der Waals surface area contributed by atoms with Crippen molar-refractivity contribution in [3.8, 4) is 0 Å². The summed E-state index contributed by atoms with van der Waals surface area (Å²) in [5.41, 5.74) is 7.67. The summed E-state index contributed by atoms with van der Waals surface area (Å²) in [5, 5.41) is 0. The molecular weight excluding hydrogens is 224 g/mol. The molecule has 16 heavy (non-hydrogen) atoms. The molecule has 0 amide bonds. The van der Waals surface area contributed by atoms with E-state index in [1.54, 1.807) is 0 Å². The Hall–Kier alpha value is -0.910. The van der Waals surface area contributed by atoms with Gasteiger partial charge in [0.15, 0.2) is 0 Å². The van der Waals surface area contributed by atoms with Crippen LogP contribution in [-0.4, -0.2) is 21.2 Å². The smallest absolute Gasteiger partial charge is 0.209 e. The van der Waals surface area contributed by atoms with Gasteiger partial charge in [-0.1, -0.05) is 31.2 Å². The van der Waals surface area contributed by atoms with Crippen LogP contribution < -0.4 is 10.5 Å². The van der Waals surface area contributed by atoms with E-state index in [1.165, 1.54) is 0 Å². The number of nitrogens with one attached hydrogen (secondary N) is 1. The number of nitrogens with two attached hydrogens (primary N) is 1. The molecule has 1 rings (SSSR count). The predicted molar refractivity (Wildman–Crippen MR) is 65.6 cm³/mol. The quantitative estimate of drug-likeness (QED) is 0.802. The molecule has 0 saturated carbocycles. The maximum Gasteiger partial charge on any atom is 0.209 e. The van der Waals surface area contributed by atoms with Crippen LogP contribution in [0.5, 0.6) is 0 Å². The van der Waals surface area contributed by atoms with Gasteiger partial charge in [0.2, 0.25) is 10.0 Å². The van der Waals surface area contributed by atoms with Gasteiger partial charge in [0.25, 0.3) is 0 Å². The largest absolute Gasteiger partial charge is 0.330 e. The number of hydrogen-bond acceptors (Lipinski definition) is 3. The lowest BCUT2D eigenvalue weighted by molar-refractivity contribution is 0.587. The van der Waals surface area contributed by atoms with Gasteiger partial charge in [-0.05, 0) is 23.6 Å². The van der Waals surface area contributed by atoms with E-state index < -0.39 is 10.0 Å². The molecule has 1 unspecified atom stereocenters.